The Morgan fingerprint density at radius 3 is 2.82 bits per heavy atom. The van der Waals surface area contributed by atoms with Crippen LogP contribution >= 0.6 is 23.2 Å². The van der Waals surface area contributed by atoms with E-state index in [-0.39, 0.29) is 23.5 Å². The average Bonchev–Trinajstić information content (AvgIpc) is 3.49. The van der Waals surface area contributed by atoms with Crippen LogP contribution in [0.5, 0.6) is 0 Å². The van der Waals surface area contributed by atoms with Gasteiger partial charge in [0, 0.05) is 23.1 Å². The predicted octanol–water partition coefficient (Wildman–Crippen LogP) is 4.85. The summed E-state index contributed by atoms with van der Waals surface area (Å²) in [6.07, 6.45) is 4.61. The van der Waals surface area contributed by atoms with Gasteiger partial charge < -0.3 is 10.2 Å². The quantitative estimate of drug-likeness (QED) is 0.570. The zero-order valence-corrected chi connectivity index (χ0v) is 19.7. The van der Waals surface area contributed by atoms with E-state index in [4.69, 9.17) is 23.2 Å². The molecule has 0 unspecified atom stereocenters. The number of amides is 1. The van der Waals surface area contributed by atoms with E-state index in [1.807, 2.05) is 30.0 Å². The lowest BCUT2D eigenvalue weighted by atomic mass is 9.98. The lowest BCUT2D eigenvalue weighted by Gasteiger charge is -2.29. The Kier molecular flexibility index (Phi) is 6.12. The molecule has 172 valence electrons. The fourth-order valence-corrected chi connectivity index (χ4v) is 5.26. The second-order valence-corrected chi connectivity index (χ2v) is 9.46. The van der Waals surface area contributed by atoms with Crippen LogP contribution in [0.2, 0.25) is 10.0 Å². The summed E-state index contributed by atoms with van der Waals surface area (Å²) in [5.41, 5.74) is 3.44. The third kappa shape index (κ3) is 4.25. The number of aromatic nitrogens is 3. The molecule has 9 heteroatoms. The number of benzene rings is 2. The van der Waals surface area contributed by atoms with E-state index in [0.29, 0.717) is 35.1 Å². The second kappa shape index (κ2) is 9.05. The van der Waals surface area contributed by atoms with Gasteiger partial charge in [-0.2, -0.15) is 0 Å². The standard InChI is InChI=1S/C24H24Cl2FN5O/c1-14(18-5-4-17(25)13-19(18)26)32-22-12-16(11-20(27)23(22)29-30-32)15-6-9-31(10-7-15)24(33)21-3-2-8-28-21/h4-6,11-14,21,28H,2-3,7-10H2,1H3/t14-,21-/m1/s1. The summed E-state index contributed by atoms with van der Waals surface area (Å²) in [4.78, 5) is 14.5. The maximum absolute atomic E-state index is 15.0. The highest BCUT2D eigenvalue weighted by molar-refractivity contribution is 6.35. The van der Waals surface area contributed by atoms with Crippen LogP contribution < -0.4 is 5.32 Å². The fourth-order valence-electron chi connectivity index (χ4n) is 4.69. The third-order valence-corrected chi connectivity index (χ3v) is 7.12. The van der Waals surface area contributed by atoms with Gasteiger partial charge in [-0.25, -0.2) is 9.07 Å². The lowest BCUT2D eigenvalue weighted by molar-refractivity contribution is -0.132. The Morgan fingerprint density at radius 2 is 2.12 bits per heavy atom. The molecule has 1 saturated heterocycles. The van der Waals surface area contributed by atoms with Gasteiger partial charge in [-0.05, 0) is 73.7 Å². The molecule has 1 N–H and O–H groups in total. The molecule has 0 radical (unpaired) electrons. The van der Waals surface area contributed by atoms with Crippen molar-refractivity contribution in [3.05, 3.63) is 63.4 Å². The highest BCUT2D eigenvalue weighted by Crippen LogP contribution is 2.32. The molecule has 3 heterocycles. The summed E-state index contributed by atoms with van der Waals surface area (Å²) >= 11 is 12.4. The summed E-state index contributed by atoms with van der Waals surface area (Å²) in [7, 11) is 0. The van der Waals surface area contributed by atoms with Crippen molar-refractivity contribution in [3.63, 3.8) is 0 Å². The van der Waals surface area contributed by atoms with E-state index in [2.05, 4.69) is 15.6 Å². The molecule has 0 saturated carbocycles. The molecular formula is C24H24Cl2FN5O. The van der Waals surface area contributed by atoms with E-state index in [1.165, 1.54) is 6.07 Å². The molecule has 1 fully saturated rings. The van der Waals surface area contributed by atoms with Crippen molar-refractivity contribution in [2.75, 3.05) is 19.6 Å². The molecule has 1 amide bonds. The summed E-state index contributed by atoms with van der Waals surface area (Å²) in [6, 6.07) is 8.38. The maximum Gasteiger partial charge on any atom is 0.239 e. The first kappa shape index (κ1) is 22.3. The minimum Gasteiger partial charge on any atom is -0.337 e. The molecule has 1 aromatic heterocycles. The molecule has 2 aliphatic heterocycles. The van der Waals surface area contributed by atoms with Crippen LogP contribution in [-0.4, -0.2) is 51.5 Å². The van der Waals surface area contributed by atoms with Gasteiger partial charge in [0.15, 0.2) is 5.82 Å². The van der Waals surface area contributed by atoms with Gasteiger partial charge in [0.2, 0.25) is 5.91 Å². The van der Waals surface area contributed by atoms with E-state index in [0.717, 1.165) is 36.1 Å². The minimum absolute atomic E-state index is 0.0738. The Bertz CT molecular complexity index is 1250. The number of fused-ring (bicyclic) bond motifs is 1. The summed E-state index contributed by atoms with van der Waals surface area (Å²) < 4.78 is 16.6. The number of rotatable bonds is 4. The smallest absolute Gasteiger partial charge is 0.239 e. The molecule has 5 rings (SSSR count). The monoisotopic (exact) mass is 487 g/mol. The number of nitrogens with one attached hydrogen (secondary N) is 1. The average molecular weight is 488 g/mol. The maximum atomic E-state index is 15.0. The molecular weight excluding hydrogens is 464 g/mol. The molecule has 2 aromatic carbocycles. The molecule has 6 nitrogen and oxygen atoms in total. The van der Waals surface area contributed by atoms with Crippen molar-refractivity contribution in [2.45, 2.75) is 38.3 Å². The van der Waals surface area contributed by atoms with E-state index in [1.54, 1.807) is 16.8 Å². The van der Waals surface area contributed by atoms with Crippen LogP contribution in [-0.2, 0) is 4.79 Å². The van der Waals surface area contributed by atoms with Gasteiger partial charge in [0.25, 0.3) is 0 Å². The first-order valence-corrected chi connectivity index (χ1v) is 11.9. The van der Waals surface area contributed by atoms with E-state index < -0.39 is 5.82 Å². The fraction of sp³-hybridized carbons (Fsp3) is 0.375. The Morgan fingerprint density at radius 1 is 1.27 bits per heavy atom. The zero-order chi connectivity index (χ0) is 23.1. The molecule has 33 heavy (non-hydrogen) atoms. The van der Waals surface area contributed by atoms with E-state index in [9.17, 15) is 9.18 Å². The minimum atomic E-state index is -0.419. The number of hydrogen-bond donors (Lipinski definition) is 1. The van der Waals surface area contributed by atoms with Crippen molar-refractivity contribution < 1.29 is 9.18 Å². The van der Waals surface area contributed by atoms with Crippen LogP contribution in [0.1, 0.15) is 43.4 Å². The SMILES string of the molecule is C[C@H](c1ccc(Cl)cc1Cl)n1nnc2c(F)cc(C3=CCN(C(=O)[C@H]4CCCN4)CC3)cc21. The van der Waals surface area contributed by atoms with Gasteiger partial charge in [-0.1, -0.05) is 40.6 Å². The van der Waals surface area contributed by atoms with Gasteiger partial charge in [0.05, 0.1) is 17.6 Å². The first-order chi connectivity index (χ1) is 15.9. The molecule has 0 spiro atoms. The van der Waals surface area contributed by atoms with Crippen molar-refractivity contribution in [3.8, 4) is 0 Å². The van der Waals surface area contributed by atoms with Crippen LogP contribution in [0, 0.1) is 5.82 Å². The number of carbonyl (C=O) groups excluding carboxylic acids is 1. The normalized spacial score (nSPS) is 19.7. The largest absolute Gasteiger partial charge is 0.337 e. The summed E-state index contributed by atoms with van der Waals surface area (Å²) in [5, 5.41) is 12.6. The van der Waals surface area contributed by atoms with Gasteiger partial charge in [0.1, 0.15) is 5.52 Å². The Labute approximate surface area is 201 Å². The van der Waals surface area contributed by atoms with Crippen molar-refractivity contribution >= 4 is 45.7 Å². The first-order valence-electron chi connectivity index (χ1n) is 11.1. The van der Waals surface area contributed by atoms with E-state index >= 15 is 0 Å². The molecule has 0 bridgehead atoms. The number of carbonyl (C=O) groups is 1. The van der Waals surface area contributed by atoms with Gasteiger partial charge >= 0.3 is 0 Å². The second-order valence-electron chi connectivity index (χ2n) is 8.61. The van der Waals surface area contributed by atoms with Gasteiger partial charge in [-0.3, -0.25) is 4.79 Å². The Hall–Kier alpha value is -2.48. The van der Waals surface area contributed by atoms with Crippen LogP contribution in [0.4, 0.5) is 4.39 Å². The summed E-state index contributed by atoms with van der Waals surface area (Å²) in [5.74, 6) is -0.266. The lowest BCUT2D eigenvalue weighted by Crippen LogP contribution is -2.45. The third-order valence-electron chi connectivity index (χ3n) is 6.56. The highest BCUT2D eigenvalue weighted by Gasteiger charge is 2.28. The zero-order valence-electron chi connectivity index (χ0n) is 18.2. The molecule has 3 aromatic rings. The number of hydrogen-bond acceptors (Lipinski definition) is 4. The van der Waals surface area contributed by atoms with Crippen molar-refractivity contribution in [2.24, 2.45) is 0 Å². The van der Waals surface area contributed by atoms with Crippen LogP contribution in [0.15, 0.2) is 36.4 Å². The van der Waals surface area contributed by atoms with Crippen LogP contribution in [0.3, 0.4) is 0 Å². The molecule has 2 atom stereocenters. The van der Waals surface area contributed by atoms with Crippen LogP contribution in [0.25, 0.3) is 16.6 Å². The van der Waals surface area contributed by atoms with Crippen molar-refractivity contribution in [1.29, 1.82) is 0 Å². The molecule has 2 aliphatic rings. The topological polar surface area (TPSA) is 63.1 Å². The van der Waals surface area contributed by atoms with Gasteiger partial charge in [-0.15, -0.1) is 5.10 Å². The Balaban J connectivity index is 1.44. The highest BCUT2D eigenvalue weighted by atomic mass is 35.5. The molecule has 0 aliphatic carbocycles. The summed E-state index contributed by atoms with van der Waals surface area (Å²) in [6.45, 7) is 3.98. The predicted molar refractivity (Wildman–Crippen MR) is 128 cm³/mol. The number of halogens is 3. The number of nitrogens with zero attached hydrogens (tertiary/aromatic N) is 4. The van der Waals surface area contributed by atoms with Crippen molar-refractivity contribution in [1.82, 2.24) is 25.2 Å².